The summed E-state index contributed by atoms with van der Waals surface area (Å²) in [6.45, 7) is 12.2. The van der Waals surface area contributed by atoms with Gasteiger partial charge < -0.3 is 20.7 Å². The largest absolute Gasteiger partial charge is 0.444 e. The van der Waals surface area contributed by atoms with Gasteiger partial charge in [-0.25, -0.2) is 4.79 Å². The number of rotatable bonds is 8. The van der Waals surface area contributed by atoms with Crippen LogP contribution in [0.3, 0.4) is 0 Å². The zero-order valence-electron chi connectivity index (χ0n) is 19.8. The fraction of sp³-hybridized carbons (Fsp3) is 0.905. The van der Waals surface area contributed by atoms with Gasteiger partial charge in [0.05, 0.1) is 5.54 Å². The van der Waals surface area contributed by atoms with Crippen molar-refractivity contribution in [3.8, 4) is 0 Å². The van der Waals surface area contributed by atoms with Gasteiger partial charge in [-0.1, -0.05) is 27.2 Å². The molecule has 1 saturated carbocycles. The third-order valence-corrected chi connectivity index (χ3v) is 7.30. The van der Waals surface area contributed by atoms with Gasteiger partial charge in [0.1, 0.15) is 5.60 Å². The van der Waals surface area contributed by atoms with Gasteiger partial charge in [-0.3, -0.25) is 9.20 Å². The van der Waals surface area contributed by atoms with Crippen molar-refractivity contribution in [2.24, 2.45) is 4.99 Å². The van der Waals surface area contributed by atoms with Crippen molar-refractivity contribution in [1.82, 2.24) is 16.0 Å². The molecule has 0 spiro atoms. The van der Waals surface area contributed by atoms with Crippen molar-refractivity contribution in [2.75, 3.05) is 19.3 Å². The van der Waals surface area contributed by atoms with Crippen LogP contribution in [0.2, 0.25) is 0 Å². The second-order valence-corrected chi connectivity index (χ2v) is 10.8. The lowest BCUT2D eigenvalue weighted by molar-refractivity contribution is 0.0448. The highest BCUT2D eigenvalue weighted by Gasteiger charge is 2.31. The van der Waals surface area contributed by atoms with Crippen LogP contribution in [-0.4, -0.2) is 58.0 Å². The molecule has 0 bridgehead atoms. The smallest absolute Gasteiger partial charge is 0.408 e. The summed E-state index contributed by atoms with van der Waals surface area (Å²) in [5.74, 6) is 1.44. The van der Waals surface area contributed by atoms with Crippen molar-refractivity contribution in [2.45, 2.75) is 102 Å². The van der Waals surface area contributed by atoms with E-state index >= 15 is 0 Å². The molecule has 1 rings (SSSR count). The molecule has 3 unspecified atom stereocenters. The average molecular weight is 559 g/mol. The molecule has 1 fully saturated rings. The Labute approximate surface area is 202 Å². The Hall–Kier alpha value is -0.580. The molecule has 0 aliphatic heterocycles. The van der Waals surface area contributed by atoms with Crippen LogP contribution in [0.1, 0.15) is 80.1 Å². The highest BCUT2D eigenvalue weighted by atomic mass is 127. The van der Waals surface area contributed by atoms with E-state index in [9.17, 15) is 9.00 Å². The summed E-state index contributed by atoms with van der Waals surface area (Å²) < 4.78 is 17.6. The number of amides is 1. The lowest BCUT2D eigenvalue weighted by Gasteiger charge is -2.35. The Bertz CT molecular complexity index is 577. The molecule has 7 nitrogen and oxygen atoms in total. The lowest BCUT2D eigenvalue weighted by atomic mass is 9.92. The summed E-state index contributed by atoms with van der Waals surface area (Å²) >= 11 is 0. The molecule has 0 saturated heterocycles. The first kappa shape index (κ1) is 29.4. The van der Waals surface area contributed by atoms with Gasteiger partial charge in [0, 0.05) is 41.4 Å². The number of hydrogen-bond acceptors (Lipinski definition) is 4. The van der Waals surface area contributed by atoms with Crippen LogP contribution in [0.25, 0.3) is 0 Å². The molecule has 0 aromatic rings. The van der Waals surface area contributed by atoms with Crippen molar-refractivity contribution in [3.63, 3.8) is 0 Å². The predicted molar refractivity (Wildman–Crippen MR) is 137 cm³/mol. The van der Waals surface area contributed by atoms with E-state index in [4.69, 9.17) is 4.74 Å². The number of nitrogens with one attached hydrogen (secondary N) is 3. The third-order valence-electron chi connectivity index (χ3n) is 5.56. The minimum atomic E-state index is -0.749. The molecule has 0 aromatic heterocycles. The Morgan fingerprint density at radius 2 is 1.80 bits per heavy atom. The number of nitrogens with zero attached hydrogens (tertiary/aromatic N) is 1. The number of halogens is 1. The second kappa shape index (κ2) is 13.8. The maximum absolute atomic E-state index is 12.3. The predicted octanol–water partition coefficient (Wildman–Crippen LogP) is 3.93. The summed E-state index contributed by atoms with van der Waals surface area (Å²) in [4.78, 5) is 16.7. The molecule has 0 aromatic carbocycles. The zero-order valence-corrected chi connectivity index (χ0v) is 22.9. The summed E-state index contributed by atoms with van der Waals surface area (Å²) in [5.41, 5.74) is -0.947. The van der Waals surface area contributed by atoms with Gasteiger partial charge in [0.2, 0.25) is 0 Å². The molecule has 3 N–H and O–H groups in total. The van der Waals surface area contributed by atoms with Crippen LogP contribution in [0.4, 0.5) is 4.79 Å². The maximum Gasteiger partial charge on any atom is 0.408 e. The normalized spacial score (nSPS) is 21.2. The minimum absolute atomic E-state index is 0. The zero-order chi connectivity index (χ0) is 22.1. The fourth-order valence-corrected chi connectivity index (χ4v) is 4.98. The second-order valence-electron chi connectivity index (χ2n) is 8.84. The summed E-state index contributed by atoms with van der Waals surface area (Å²) in [6.07, 6.45) is 5.23. The van der Waals surface area contributed by atoms with Gasteiger partial charge >= 0.3 is 6.09 Å². The fourth-order valence-electron chi connectivity index (χ4n) is 3.63. The first-order valence-electron chi connectivity index (χ1n) is 10.9. The Morgan fingerprint density at radius 3 is 2.30 bits per heavy atom. The molecule has 0 radical (unpaired) electrons. The quantitative estimate of drug-likeness (QED) is 0.239. The number of ether oxygens (including phenoxy) is 1. The molecular weight excluding hydrogens is 515 g/mol. The van der Waals surface area contributed by atoms with E-state index in [1.807, 2.05) is 27.7 Å². The molecule has 178 valence electrons. The molecule has 1 aliphatic carbocycles. The Morgan fingerprint density at radius 1 is 1.17 bits per heavy atom. The average Bonchev–Trinajstić information content (AvgIpc) is 2.68. The minimum Gasteiger partial charge on any atom is -0.444 e. The van der Waals surface area contributed by atoms with Crippen molar-refractivity contribution >= 4 is 46.8 Å². The first-order valence-corrected chi connectivity index (χ1v) is 12.3. The monoisotopic (exact) mass is 558 g/mol. The van der Waals surface area contributed by atoms with E-state index in [1.165, 1.54) is 0 Å². The van der Waals surface area contributed by atoms with Crippen molar-refractivity contribution in [1.29, 1.82) is 0 Å². The molecular formula is C21H43IN4O3S. The van der Waals surface area contributed by atoms with E-state index in [2.05, 4.69) is 34.8 Å². The van der Waals surface area contributed by atoms with Crippen LogP contribution >= 0.6 is 24.0 Å². The van der Waals surface area contributed by atoms with Gasteiger partial charge in [-0.2, -0.15) is 0 Å². The number of alkyl carbamates (subject to hydrolysis) is 1. The molecule has 30 heavy (non-hydrogen) atoms. The SMILES string of the molecule is CCS(=O)C1CCCC(NC(=NC)NCC(CC)(CC)NC(=O)OC(C)(C)C)C1.I. The van der Waals surface area contributed by atoms with Gasteiger partial charge in [-0.15, -0.1) is 24.0 Å². The van der Waals surface area contributed by atoms with E-state index in [1.54, 1.807) is 7.05 Å². The van der Waals surface area contributed by atoms with Crippen molar-refractivity contribution < 1.29 is 13.7 Å². The van der Waals surface area contributed by atoms with Crippen LogP contribution in [-0.2, 0) is 15.5 Å². The van der Waals surface area contributed by atoms with E-state index in [0.29, 0.717) is 6.54 Å². The molecule has 0 heterocycles. The number of hydrogen-bond donors (Lipinski definition) is 3. The highest BCUT2D eigenvalue weighted by molar-refractivity contribution is 14.0. The molecule has 1 aliphatic rings. The van der Waals surface area contributed by atoms with E-state index in [0.717, 1.165) is 50.2 Å². The van der Waals surface area contributed by atoms with Gasteiger partial charge in [-0.05, 0) is 52.9 Å². The van der Waals surface area contributed by atoms with Gasteiger partial charge in [0.25, 0.3) is 0 Å². The topological polar surface area (TPSA) is 91.8 Å². The number of carbonyl (C=O) groups excluding carboxylic acids is 1. The lowest BCUT2D eigenvalue weighted by Crippen LogP contribution is -2.58. The maximum atomic E-state index is 12.3. The molecule has 3 atom stereocenters. The number of carbonyl (C=O) groups is 1. The summed E-state index contributed by atoms with van der Waals surface area (Å²) in [5, 5.41) is 10.2. The van der Waals surface area contributed by atoms with Crippen molar-refractivity contribution in [3.05, 3.63) is 0 Å². The third kappa shape index (κ3) is 10.2. The van der Waals surface area contributed by atoms with E-state index < -0.39 is 28.0 Å². The Kier molecular flexibility index (Phi) is 13.5. The molecule has 1 amide bonds. The summed E-state index contributed by atoms with van der Waals surface area (Å²) in [7, 11) is 1.00. The first-order chi connectivity index (χ1) is 13.6. The number of aliphatic imine (C=N–C) groups is 1. The van der Waals surface area contributed by atoms with E-state index in [-0.39, 0.29) is 35.3 Å². The van der Waals surface area contributed by atoms with Gasteiger partial charge in [0.15, 0.2) is 5.96 Å². The Balaban J connectivity index is 0.00000841. The standard InChI is InChI=1S/C21H42N4O3S.HI/c1-8-21(9-2,25-19(26)28-20(4,5)6)15-23-18(22-7)24-16-12-11-13-17(14-16)29(27)10-3;/h16-17H,8-15H2,1-7H3,(H,25,26)(H2,22,23,24);1H. The highest BCUT2D eigenvalue weighted by Crippen LogP contribution is 2.23. The summed E-state index contributed by atoms with van der Waals surface area (Å²) in [6, 6.07) is 0.270. The molecule has 9 heteroatoms. The van der Waals surface area contributed by atoms with Crippen LogP contribution in [0.5, 0.6) is 0 Å². The van der Waals surface area contributed by atoms with Crippen LogP contribution < -0.4 is 16.0 Å². The van der Waals surface area contributed by atoms with Crippen LogP contribution in [0, 0.1) is 0 Å². The number of guanidine groups is 1. The van der Waals surface area contributed by atoms with Crippen LogP contribution in [0.15, 0.2) is 4.99 Å².